The van der Waals surface area contributed by atoms with Gasteiger partial charge in [-0.15, -0.1) is 0 Å². The number of urea groups is 1. The topological polar surface area (TPSA) is 53.6 Å². The Balaban J connectivity index is 1.45. The van der Waals surface area contributed by atoms with Crippen LogP contribution in [0.25, 0.3) is 0 Å². The standard InChI is InChI=1S/C18H27N3O2/c1-2-19-18(22)20-8-7-17-13-21(9-10-23-17)16-11-14-5-3-4-6-15(14)12-16/h3-6,16-17H,2,7-13H2,1H3,(H2,19,20,22)/t17-/m0/s1. The summed E-state index contributed by atoms with van der Waals surface area (Å²) in [4.78, 5) is 14.0. The number of morpholine rings is 1. The molecule has 1 aromatic rings. The van der Waals surface area contributed by atoms with Gasteiger partial charge in [-0.2, -0.15) is 0 Å². The van der Waals surface area contributed by atoms with Gasteiger partial charge >= 0.3 is 6.03 Å². The van der Waals surface area contributed by atoms with Crippen LogP contribution >= 0.6 is 0 Å². The van der Waals surface area contributed by atoms with Crippen molar-refractivity contribution in [3.05, 3.63) is 35.4 Å². The van der Waals surface area contributed by atoms with Crippen molar-refractivity contribution in [2.24, 2.45) is 0 Å². The number of rotatable bonds is 5. The number of nitrogens with one attached hydrogen (secondary N) is 2. The molecule has 0 aromatic heterocycles. The molecule has 5 nitrogen and oxygen atoms in total. The number of fused-ring (bicyclic) bond motifs is 1. The van der Waals surface area contributed by atoms with Crippen LogP contribution < -0.4 is 10.6 Å². The highest BCUT2D eigenvalue weighted by Gasteiger charge is 2.30. The molecule has 0 saturated carbocycles. The van der Waals surface area contributed by atoms with Crippen LogP contribution in [-0.4, -0.2) is 55.9 Å². The predicted octanol–water partition coefficient (Wildman–Crippen LogP) is 1.56. The third-order valence-electron chi connectivity index (χ3n) is 4.81. The van der Waals surface area contributed by atoms with Crippen LogP contribution in [0.5, 0.6) is 0 Å². The van der Waals surface area contributed by atoms with E-state index in [0.29, 0.717) is 19.1 Å². The van der Waals surface area contributed by atoms with E-state index in [9.17, 15) is 4.79 Å². The van der Waals surface area contributed by atoms with Crippen LogP contribution in [0.3, 0.4) is 0 Å². The number of hydrogen-bond acceptors (Lipinski definition) is 3. The highest BCUT2D eigenvalue weighted by Crippen LogP contribution is 2.26. The summed E-state index contributed by atoms with van der Waals surface area (Å²) in [7, 11) is 0. The molecule has 126 valence electrons. The highest BCUT2D eigenvalue weighted by atomic mass is 16.5. The molecule has 0 bridgehead atoms. The van der Waals surface area contributed by atoms with Crippen LogP contribution in [0, 0.1) is 0 Å². The maximum atomic E-state index is 11.4. The van der Waals surface area contributed by atoms with Crippen LogP contribution in [0.4, 0.5) is 4.79 Å². The molecule has 1 aromatic carbocycles. The Bertz CT molecular complexity index is 510. The lowest BCUT2D eigenvalue weighted by molar-refractivity contribution is -0.0444. The minimum absolute atomic E-state index is 0.0913. The van der Waals surface area contributed by atoms with Gasteiger partial charge in [0, 0.05) is 32.2 Å². The summed E-state index contributed by atoms with van der Waals surface area (Å²) >= 11 is 0. The maximum Gasteiger partial charge on any atom is 0.314 e. The summed E-state index contributed by atoms with van der Waals surface area (Å²) in [6, 6.07) is 9.29. The van der Waals surface area contributed by atoms with Crippen molar-refractivity contribution in [2.75, 3.05) is 32.8 Å². The molecule has 1 aliphatic heterocycles. The zero-order valence-electron chi connectivity index (χ0n) is 13.9. The third-order valence-corrected chi connectivity index (χ3v) is 4.81. The average molecular weight is 317 g/mol. The molecule has 5 heteroatoms. The van der Waals surface area contributed by atoms with E-state index < -0.39 is 0 Å². The number of amides is 2. The van der Waals surface area contributed by atoms with Crippen molar-refractivity contribution >= 4 is 6.03 Å². The molecular formula is C18H27N3O2. The lowest BCUT2D eigenvalue weighted by Crippen LogP contribution is -2.49. The van der Waals surface area contributed by atoms with E-state index in [4.69, 9.17) is 4.74 Å². The van der Waals surface area contributed by atoms with E-state index in [1.165, 1.54) is 11.1 Å². The Morgan fingerprint density at radius 2 is 2.00 bits per heavy atom. The lowest BCUT2D eigenvalue weighted by atomic mass is 10.1. The van der Waals surface area contributed by atoms with Gasteiger partial charge in [0.05, 0.1) is 12.7 Å². The fraction of sp³-hybridized carbons (Fsp3) is 0.611. The second-order valence-corrected chi connectivity index (χ2v) is 6.39. The van der Waals surface area contributed by atoms with Crippen molar-refractivity contribution in [3.63, 3.8) is 0 Å². The molecule has 23 heavy (non-hydrogen) atoms. The monoisotopic (exact) mass is 317 g/mol. The summed E-state index contributed by atoms with van der Waals surface area (Å²) in [5, 5.41) is 5.63. The number of carbonyl (C=O) groups excluding carboxylic acids is 1. The smallest absolute Gasteiger partial charge is 0.314 e. The number of benzene rings is 1. The minimum Gasteiger partial charge on any atom is -0.375 e. The minimum atomic E-state index is -0.0913. The largest absolute Gasteiger partial charge is 0.375 e. The first-order valence-electron chi connectivity index (χ1n) is 8.70. The van der Waals surface area contributed by atoms with Crippen molar-refractivity contribution in [1.29, 1.82) is 0 Å². The van der Waals surface area contributed by atoms with Crippen LogP contribution in [0.15, 0.2) is 24.3 Å². The van der Waals surface area contributed by atoms with E-state index >= 15 is 0 Å². The van der Waals surface area contributed by atoms with Gasteiger partial charge in [-0.1, -0.05) is 24.3 Å². The molecule has 1 aliphatic carbocycles. The van der Waals surface area contributed by atoms with Crippen LogP contribution in [0.1, 0.15) is 24.5 Å². The molecule has 1 atom stereocenters. The fourth-order valence-corrected chi connectivity index (χ4v) is 3.61. The molecule has 2 aliphatic rings. The Hall–Kier alpha value is -1.59. The zero-order valence-corrected chi connectivity index (χ0v) is 13.9. The third kappa shape index (κ3) is 4.24. The average Bonchev–Trinajstić information content (AvgIpc) is 2.99. The van der Waals surface area contributed by atoms with Gasteiger partial charge in [0.15, 0.2) is 0 Å². The summed E-state index contributed by atoms with van der Waals surface area (Å²) in [6.45, 7) is 6.01. The van der Waals surface area contributed by atoms with Gasteiger partial charge in [0.1, 0.15) is 0 Å². The van der Waals surface area contributed by atoms with Crippen molar-refractivity contribution in [1.82, 2.24) is 15.5 Å². The molecule has 2 N–H and O–H groups in total. The summed E-state index contributed by atoms with van der Waals surface area (Å²) in [5.41, 5.74) is 3.00. The number of ether oxygens (including phenoxy) is 1. The van der Waals surface area contributed by atoms with E-state index in [1.54, 1.807) is 0 Å². The molecule has 0 radical (unpaired) electrons. The van der Waals surface area contributed by atoms with Crippen molar-refractivity contribution in [3.8, 4) is 0 Å². The number of hydrogen-bond donors (Lipinski definition) is 2. The maximum absolute atomic E-state index is 11.4. The second kappa shape index (κ2) is 7.79. The Morgan fingerprint density at radius 3 is 2.70 bits per heavy atom. The Labute approximate surface area is 138 Å². The highest BCUT2D eigenvalue weighted by molar-refractivity contribution is 5.73. The summed E-state index contributed by atoms with van der Waals surface area (Å²) in [6.07, 6.45) is 3.39. The van der Waals surface area contributed by atoms with Gasteiger partial charge in [-0.05, 0) is 37.3 Å². The van der Waals surface area contributed by atoms with Gasteiger partial charge in [-0.25, -0.2) is 4.79 Å². The second-order valence-electron chi connectivity index (χ2n) is 6.39. The van der Waals surface area contributed by atoms with E-state index in [1.807, 2.05) is 6.92 Å². The molecule has 0 unspecified atom stereocenters. The first-order chi connectivity index (χ1) is 11.3. The number of carbonyl (C=O) groups is 1. The summed E-state index contributed by atoms with van der Waals surface area (Å²) in [5.74, 6) is 0. The van der Waals surface area contributed by atoms with Crippen molar-refractivity contribution in [2.45, 2.75) is 38.3 Å². The zero-order chi connectivity index (χ0) is 16.1. The molecule has 1 saturated heterocycles. The molecular weight excluding hydrogens is 290 g/mol. The van der Waals surface area contributed by atoms with Gasteiger partial charge in [0.25, 0.3) is 0 Å². The summed E-state index contributed by atoms with van der Waals surface area (Å²) < 4.78 is 5.87. The molecule has 3 rings (SSSR count). The van der Waals surface area contributed by atoms with Crippen LogP contribution in [-0.2, 0) is 17.6 Å². The molecule has 1 fully saturated rings. The Morgan fingerprint density at radius 1 is 1.26 bits per heavy atom. The fourth-order valence-electron chi connectivity index (χ4n) is 3.61. The van der Waals surface area contributed by atoms with E-state index in [-0.39, 0.29) is 12.1 Å². The predicted molar refractivity (Wildman–Crippen MR) is 90.6 cm³/mol. The molecule has 1 heterocycles. The first kappa shape index (κ1) is 16.3. The Kier molecular flexibility index (Phi) is 5.51. The molecule has 0 spiro atoms. The van der Waals surface area contributed by atoms with Crippen LogP contribution in [0.2, 0.25) is 0 Å². The molecule has 2 amide bonds. The van der Waals surface area contributed by atoms with E-state index in [0.717, 1.165) is 39.0 Å². The van der Waals surface area contributed by atoms with Crippen molar-refractivity contribution < 1.29 is 9.53 Å². The normalized spacial score (nSPS) is 21.9. The van der Waals surface area contributed by atoms with Gasteiger partial charge in [0.2, 0.25) is 0 Å². The van der Waals surface area contributed by atoms with Gasteiger partial charge < -0.3 is 15.4 Å². The van der Waals surface area contributed by atoms with Gasteiger partial charge in [-0.3, -0.25) is 4.90 Å². The SMILES string of the molecule is CCNC(=O)NCC[C@H]1CN(C2Cc3ccccc3C2)CCO1. The van der Waals surface area contributed by atoms with E-state index in [2.05, 4.69) is 39.8 Å². The first-order valence-corrected chi connectivity index (χ1v) is 8.70. The lowest BCUT2D eigenvalue weighted by Gasteiger charge is -2.37. The quantitative estimate of drug-likeness (QED) is 0.867. The number of nitrogens with zero attached hydrogens (tertiary/aromatic N) is 1.